The van der Waals surface area contributed by atoms with Crippen LogP contribution < -0.4 is 9.47 Å². The van der Waals surface area contributed by atoms with Gasteiger partial charge in [0.05, 0.1) is 6.61 Å². The highest BCUT2D eigenvalue weighted by Crippen LogP contribution is 2.42. The molecule has 0 radical (unpaired) electrons. The first kappa shape index (κ1) is 19.0. The van der Waals surface area contributed by atoms with Gasteiger partial charge in [-0.1, -0.05) is 6.07 Å². The second kappa shape index (κ2) is 7.93. The monoisotopic (exact) mass is 402 g/mol. The van der Waals surface area contributed by atoms with E-state index in [0.717, 1.165) is 24.8 Å². The van der Waals surface area contributed by atoms with Gasteiger partial charge >= 0.3 is 5.97 Å². The van der Waals surface area contributed by atoms with Crippen LogP contribution in [0.15, 0.2) is 35.0 Å². The van der Waals surface area contributed by atoms with Gasteiger partial charge in [-0.25, -0.2) is 0 Å². The molecule has 2 unspecified atom stereocenters. The number of thiophene rings is 1. The van der Waals surface area contributed by atoms with E-state index in [-0.39, 0.29) is 24.9 Å². The number of fused-ring (bicyclic) bond motifs is 1. The van der Waals surface area contributed by atoms with E-state index in [1.807, 2.05) is 17.5 Å². The number of aliphatic carboxylic acids is 1. The molecule has 2 aliphatic rings. The van der Waals surface area contributed by atoms with E-state index in [2.05, 4.69) is 0 Å². The van der Waals surface area contributed by atoms with Crippen molar-refractivity contribution < 1.29 is 28.9 Å². The van der Waals surface area contributed by atoms with Gasteiger partial charge in [0.2, 0.25) is 5.78 Å². The quantitative estimate of drug-likeness (QED) is 0.703. The molecule has 0 spiro atoms. The maximum absolute atomic E-state index is 13.2. The molecule has 3 heterocycles. The Balaban J connectivity index is 1.56. The molecule has 2 aliphatic heterocycles. The van der Waals surface area contributed by atoms with Crippen LogP contribution in [-0.4, -0.2) is 35.4 Å². The molecule has 1 fully saturated rings. The summed E-state index contributed by atoms with van der Waals surface area (Å²) in [6.07, 6.45) is 3.03. The van der Waals surface area contributed by atoms with Crippen molar-refractivity contribution in [2.24, 2.45) is 0 Å². The zero-order valence-corrected chi connectivity index (χ0v) is 16.2. The molecule has 1 N–H and O–H groups in total. The Kier molecular flexibility index (Phi) is 5.37. The summed E-state index contributed by atoms with van der Waals surface area (Å²) in [7, 11) is 0. The first-order chi connectivity index (χ1) is 13.6. The average Bonchev–Trinajstić information content (AvgIpc) is 3.35. The number of carboxylic acids is 1. The molecular formula is C21H22O6S. The molecule has 1 aromatic heterocycles. The van der Waals surface area contributed by atoms with Crippen LogP contribution >= 0.6 is 11.3 Å². The molecule has 2 aromatic rings. The van der Waals surface area contributed by atoms with Crippen LogP contribution in [0, 0.1) is 0 Å². The highest BCUT2D eigenvalue weighted by molar-refractivity contribution is 7.08. The molecule has 0 amide bonds. The number of carboxylic acid groups (broad SMARTS) is 1. The zero-order valence-electron chi connectivity index (χ0n) is 15.4. The van der Waals surface area contributed by atoms with Gasteiger partial charge in [-0.15, -0.1) is 0 Å². The van der Waals surface area contributed by atoms with Crippen LogP contribution in [0.5, 0.6) is 11.5 Å². The van der Waals surface area contributed by atoms with E-state index in [4.69, 9.17) is 19.3 Å². The van der Waals surface area contributed by atoms with Crippen molar-refractivity contribution in [1.82, 2.24) is 0 Å². The summed E-state index contributed by atoms with van der Waals surface area (Å²) >= 11 is 1.43. The van der Waals surface area contributed by atoms with Gasteiger partial charge in [0, 0.05) is 42.7 Å². The highest BCUT2D eigenvalue weighted by atomic mass is 32.1. The summed E-state index contributed by atoms with van der Waals surface area (Å²) in [5.41, 5.74) is 0.239. The number of carbonyl (C=O) groups excluding carboxylic acids is 1. The van der Waals surface area contributed by atoms with E-state index in [1.165, 1.54) is 11.3 Å². The lowest BCUT2D eigenvalue weighted by Crippen LogP contribution is -2.43. The van der Waals surface area contributed by atoms with Crippen LogP contribution in [0.3, 0.4) is 0 Å². The second-order valence-electron chi connectivity index (χ2n) is 7.19. The van der Waals surface area contributed by atoms with Crippen molar-refractivity contribution in [3.05, 3.63) is 46.2 Å². The number of rotatable bonds is 7. The van der Waals surface area contributed by atoms with Gasteiger partial charge in [-0.2, -0.15) is 11.3 Å². The smallest absolute Gasteiger partial charge is 0.303 e. The minimum absolute atomic E-state index is 0.119. The molecule has 0 saturated carbocycles. The van der Waals surface area contributed by atoms with Gasteiger partial charge in [0.25, 0.3) is 0 Å². The Morgan fingerprint density at radius 3 is 2.89 bits per heavy atom. The Morgan fingerprint density at radius 1 is 1.29 bits per heavy atom. The van der Waals surface area contributed by atoms with Gasteiger partial charge in [0.15, 0.2) is 11.9 Å². The van der Waals surface area contributed by atoms with E-state index >= 15 is 0 Å². The Hall–Kier alpha value is -2.38. The minimum atomic E-state index is -1.19. The molecule has 6 nitrogen and oxygen atoms in total. The first-order valence-corrected chi connectivity index (χ1v) is 10.4. The maximum atomic E-state index is 13.2. The third-order valence-electron chi connectivity index (χ3n) is 5.17. The summed E-state index contributed by atoms with van der Waals surface area (Å²) in [5.74, 6) is 0.0738. The van der Waals surface area contributed by atoms with Crippen LogP contribution in [0.2, 0.25) is 0 Å². The molecule has 0 bridgehead atoms. The summed E-state index contributed by atoms with van der Waals surface area (Å²) in [6.45, 7) is 0.694. The van der Waals surface area contributed by atoms with Crippen molar-refractivity contribution in [3.8, 4) is 11.5 Å². The van der Waals surface area contributed by atoms with E-state index in [9.17, 15) is 9.59 Å². The van der Waals surface area contributed by atoms with Crippen LogP contribution in [-0.2, 0) is 16.0 Å². The number of hydrogen-bond donors (Lipinski definition) is 1. The van der Waals surface area contributed by atoms with Crippen LogP contribution in [0.1, 0.15) is 48.0 Å². The molecule has 1 saturated heterocycles. The van der Waals surface area contributed by atoms with Crippen molar-refractivity contribution in [2.75, 3.05) is 6.61 Å². The predicted octanol–water partition coefficient (Wildman–Crippen LogP) is 4.07. The third-order valence-corrected chi connectivity index (χ3v) is 5.85. The third kappa shape index (κ3) is 3.91. The lowest BCUT2D eigenvalue weighted by atomic mass is 9.85. The number of benzene rings is 1. The number of hydrogen-bond acceptors (Lipinski definition) is 6. The minimum Gasteiger partial charge on any atom is -0.481 e. The predicted molar refractivity (Wildman–Crippen MR) is 103 cm³/mol. The summed E-state index contributed by atoms with van der Waals surface area (Å²) in [6, 6.07) is 7.26. The molecule has 0 aliphatic carbocycles. The Labute approximate surface area is 167 Å². The van der Waals surface area contributed by atoms with Gasteiger partial charge < -0.3 is 19.3 Å². The average molecular weight is 402 g/mol. The Bertz CT molecular complexity index is 856. The molecule has 148 valence electrons. The molecule has 1 aromatic carbocycles. The van der Waals surface area contributed by atoms with Gasteiger partial charge in [-0.05, 0) is 35.9 Å². The summed E-state index contributed by atoms with van der Waals surface area (Å²) in [5, 5.41) is 12.7. The van der Waals surface area contributed by atoms with E-state index in [0.29, 0.717) is 30.1 Å². The van der Waals surface area contributed by atoms with Gasteiger partial charge in [0.1, 0.15) is 11.5 Å². The number of ketones is 1. The second-order valence-corrected chi connectivity index (χ2v) is 7.97. The molecule has 28 heavy (non-hydrogen) atoms. The number of ether oxygens (including phenoxy) is 3. The summed E-state index contributed by atoms with van der Waals surface area (Å²) in [4.78, 5) is 24.3. The normalized spacial score (nSPS) is 23.6. The number of Topliss-reactive ketones (excluding diaryl/α,β-unsaturated/α-hetero) is 1. The summed E-state index contributed by atoms with van der Waals surface area (Å²) < 4.78 is 17.6. The fourth-order valence-electron chi connectivity index (χ4n) is 3.70. The molecule has 2 atom stereocenters. The first-order valence-electron chi connectivity index (χ1n) is 9.45. The largest absolute Gasteiger partial charge is 0.481 e. The fourth-order valence-corrected chi connectivity index (χ4v) is 4.34. The highest BCUT2D eigenvalue weighted by Gasteiger charge is 2.46. The van der Waals surface area contributed by atoms with Gasteiger partial charge in [-0.3, -0.25) is 9.59 Å². The van der Waals surface area contributed by atoms with E-state index in [1.54, 1.807) is 17.5 Å². The zero-order chi connectivity index (χ0) is 19.6. The SMILES string of the molecule is O=C(O)CCC1(C(=O)c2ccsc2)Cc2ccc(OC3CCCCO3)cc2O1. The van der Waals surface area contributed by atoms with Crippen molar-refractivity contribution in [3.63, 3.8) is 0 Å². The van der Waals surface area contributed by atoms with Crippen molar-refractivity contribution in [2.45, 2.75) is 50.4 Å². The Morgan fingerprint density at radius 2 is 2.18 bits per heavy atom. The lowest BCUT2D eigenvalue weighted by Gasteiger charge is -2.26. The number of carbonyl (C=O) groups is 2. The molecular weight excluding hydrogens is 380 g/mol. The van der Waals surface area contributed by atoms with E-state index < -0.39 is 11.6 Å². The molecule has 4 rings (SSSR count). The van der Waals surface area contributed by atoms with Crippen molar-refractivity contribution >= 4 is 23.1 Å². The lowest BCUT2D eigenvalue weighted by molar-refractivity contribution is -0.137. The molecule has 7 heteroatoms. The fraction of sp³-hybridized carbons (Fsp3) is 0.429. The topological polar surface area (TPSA) is 82.1 Å². The maximum Gasteiger partial charge on any atom is 0.303 e. The standard InChI is InChI=1S/C21H22O6S/c22-18(23)6-8-21(20(24)15-7-10-28-13-15)12-14-4-5-16(11-17(14)27-21)26-19-3-1-2-9-25-19/h4-5,7,10-11,13,19H,1-3,6,8-9,12H2,(H,22,23). The van der Waals surface area contributed by atoms with Crippen molar-refractivity contribution in [1.29, 1.82) is 0 Å². The van der Waals surface area contributed by atoms with Crippen LogP contribution in [0.25, 0.3) is 0 Å². The van der Waals surface area contributed by atoms with Crippen LogP contribution in [0.4, 0.5) is 0 Å².